The minimum atomic E-state index is -0.961. The van der Waals surface area contributed by atoms with Crippen molar-refractivity contribution in [3.8, 4) is 0 Å². The van der Waals surface area contributed by atoms with Crippen molar-refractivity contribution in [1.82, 2.24) is 9.88 Å². The molecule has 2 atom stereocenters. The minimum Gasteiger partial charge on any atom is -0.444 e. The van der Waals surface area contributed by atoms with Crippen molar-refractivity contribution in [2.24, 2.45) is 0 Å². The van der Waals surface area contributed by atoms with E-state index in [2.05, 4.69) is 4.98 Å². The quantitative estimate of drug-likeness (QED) is 0.919. The maximum Gasteiger partial charge on any atom is 0.410 e. The Hall–Kier alpha value is -2.08. The molecule has 1 aromatic heterocycles. The Labute approximate surface area is 135 Å². The average molecular weight is 318 g/mol. The lowest BCUT2D eigenvalue weighted by molar-refractivity contribution is 0.000545. The van der Waals surface area contributed by atoms with Gasteiger partial charge in [-0.3, -0.25) is 0 Å². The van der Waals surface area contributed by atoms with Gasteiger partial charge >= 0.3 is 6.09 Å². The standard InChI is InChI=1S/C17H22N2O4/c1-17(2,3)23-16(21)19-10-6-8-12(19)14(20)15-18-11-7-4-5-9-13(11)22-15/h4-5,7,9,12,14,20H,6,8,10H2,1-3H3/t12-,14?/m0/s1. The number of fused-ring (bicyclic) bond motifs is 1. The molecule has 1 aliphatic heterocycles. The van der Waals surface area contributed by atoms with E-state index in [1.165, 1.54) is 0 Å². The minimum absolute atomic E-state index is 0.242. The first kappa shape index (κ1) is 15.8. The van der Waals surface area contributed by atoms with E-state index in [1.54, 1.807) is 11.0 Å². The topological polar surface area (TPSA) is 75.8 Å². The molecule has 1 amide bonds. The summed E-state index contributed by atoms with van der Waals surface area (Å²) in [5.74, 6) is 0.242. The molecule has 2 aromatic rings. The van der Waals surface area contributed by atoms with E-state index in [9.17, 15) is 9.90 Å². The molecular formula is C17H22N2O4. The zero-order valence-corrected chi connectivity index (χ0v) is 13.7. The van der Waals surface area contributed by atoms with Gasteiger partial charge in [-0.15, -0.1) is 0 Å². The first-order valence-corrected chi connectivity index (χ1v) is 7.88. The first-order chi connectivity index (χ1) is 10.8. The Morgan fingerprint density at radius 1 is 1.43 bits per heavy atom. The van der Waals surface area contributed by atoms with Crippen molar-refractivity contribution >= 4 is 17.2 Å². The number of hydrogen-bond acceptors (Lipinski definition) is 5. The third kappa shape index (κ3) is 3.32. The van der Waals surface area contributed by atoms with Crippen LogP contribution >= 0.6 is 0 Å². The van der Waals surface area contributed by atoms with Gasteiger partial charge in [-0.2, -0.15) is 0 Å². The number of benzene rings is 1. The largest absolute Gasteiger partial charge is 0.444 e. The van der Waals surface area contributed by atoms with Crippen molar-refractivity contribution in [3.05, 3.63) is 30.2 Å². The number of hydrogen-bond donors (Lipinski definition) is 1. The van der Waals surface area contributed by atoms with Crippen LogP contribution in [0.1, 0.15) is 45.6 Å². The van der Waals surface area contributed by atoms with Crippen molar-refractivity contribution < 1.29 is 19.1 Å². The van der Waals surface area contributed by atoms with Crippen LogP contribution in [0.4, 0.5) is 4.79 Å². The normalized spacial score (nSPS) is 20.0. The maximum atomic E-state index is 12.3. The summed E-state index contributed by atoms with van der Waals surface area (Å²) in [6.45, 7) is 6.05. The lowest BCUT2D eigenvalue weighted by Gasteiger charge is -2.30. The molecule has 1 unspecified atom stereocenters. The van der Waals surface area contributed by atoms with Crippen LogP contribution in [0.2, 0.25) is 0 Å². The Bertz CT molecular complexity index is 671. The molecular weight excluding hydrogens is 296 g/mol. The number of aromatic nitrogens is 1. The second kappa shape index (κ2) is 5.85. The zero-order valence-electron chi connectivity index (χ0n) is 13.7. The summed E-state index contributed by atoms with van der Waals surface area (Å²) in [6, 6.07) is 6.97. The highest BCUT2D eigenvalue weighted by atomic mass is 16.6. The fraction of sp³-hybridized carbons (Fsp3) is 0.529. The van der Waals surface area contributed by atoms with E-state index in [1.807, 2.05) is 39.0 Å². The Morgan fingerprint density at radius 3 is 2.87 bits per heavy atom. The summed E-state index contributed by atoms with van der Waals surface area (Å²) in [5.41, 5.74) is 0.763. The van der Waals surface area contributed by atoms with Gasteiger partial charge in [-0.05, 0) is 45.7 Å². The van der Waals surface area contributed by atoms with Gasteiger partial charge in [0.05, 0.1) is 6.04 Å². The van der Waals surface area contributed by atoms with Gasteiger partial charge < -0.3 is 19.2 Å². The van der Waals surface area contributed by atoms with Crippen LogP contribution in [-0.4, -0.2) is 39.3 Å². The van der Waals surface area contributed by atoms with Gasteiger partial charge in [0, 0.05) is 6.54 Å². The molecule has 0 spiro atoms. The van der Waals surface area contributed by atoms with Crippen LogP contribution in [0.5, 0.6) is 0 Å². The lowest BCUT2D eigenvalue weighted by Crippen LogP contribution is -2.42. The van der Waals surface area contributed by atoms with E-state index >= 15 is 0 Å². The molecule has 1 fully saturated rings. The first-order valence-electron chi connectivity index (χ1n) is 7.88. The van der Waals surface area contributed by atoms with Crippen LogP contribution < -0.4 is 0 Å². The zero-order chi connectivity index (χ0) is 16.6. The van der Waals surface area contributed by atoms with Crippen LogP contribution in [0, 0.1) is 0 Å². The van der Waals surface area contributed by atoms with Gasteiger partial charge in [0.15, 0.2) is 11.7 Å². The van der Waals surface area contributed by atoms with E-state index in [4.69, 9.17) is 9.15 Å². The fourth-order valence-electron chi connectivity index (χ4n) is 2.85. The predicted molar refractivity (Wildman–Crippen MR) is 84.9 cm³/mol. The van der Waals surface area contributed by atoms with E-state index in [0.717, 1.165) is 6.42 Å². The van der Waals surface area contributed by atoms with Gasteiger partial charge in [0.25, 0.3) is 0 Å². The Kier molecular flexibility index (Phi) is 4.02. The summed E-state index contributed by atoms with van der Waals surface area (Å²) in [7, 11) is 0. The number of aliphatic hydroxyl groups excluding tert-OH is 1. The van der Waals surface area contributed by atoms with Crippen LogP contribution in [0.25, 0.3) is 11.1 Å². The maximum absolute atomic E-state index is 12.3. The number of oxazole rings is 1. The molecule has 124 valence electrons. The summed E-state index contributed by atoms with van der Waals surface area (Å²) < 4.78 is 11.1. The molecule has 1 aliphatic rings. The SMILES string of the molecule is CC(C)(C)OC(=O)N1CCC[C@H]1C(O)c1nc2ccccc2o1. The fourth-order valence-corrected chi connectivity index (χ4v) is 2.85. The van der Waals surface area contributed by atoms with Crippen molar-refractivity contribution in [1.29, 1.82) is 0 Å². The highest BCUT2D eigenvalue weighted by Gasteiger charge is 2.38. The van der Waals surface area contributed by atoms with E-state index in [-0.39, 0.29) is 11.9 Å². The van der Waals surface area contributed by atoms with Gasteiger partial charge in [0.2, 0.25) is 5.89 Å². The monoisotopic (exact) mass is 318 g/mol. The van der Waals surface area contributed by atoms with Crippen LogP contribution in [0.3, 0.4) is 0 Å². The third-order valence-electron chi connectivity index (χ3n) is 3.86. The molecule has 3 rings (SSSR count). The smallest absolute Gasteiger partial charge is 0.410 e. The second-order valence-electron chi connectivity index (χ2n) is 6.85. The molecule has 6 nitrogen and oxygen atoms in total. The van der Waals surface area contributed by atoms with Gasteiger partial charge in [0.1, 0.15) is 11.1 Å². The number of para-hydroxylation sites is 2. The molecule has 0 saturated carbocycles. The van der Waals surface area contributed by atoms with Gasteiger partial charge in [-0.1, -0.05) is 12.1 Å². The average Bonchev–Trinajstić information content (AvgIpc) is 3.11. The molecule has 0 radical (unpaired) electrons. The summed E-state index contributed by atoms with van der Waals surface area (Å²) in [4.78, 5) is 18.2. The van der Waals surface area contributed by atoms with Gasteiger partial charge in [-0.25, -0.2) is 9.78 Å². The molecule has 1 N–H and O–H groups in total. The number of likely N-dealkylation sites (tertiary alicyclic amines) is 1. The van der Waals surface area contributed by atoms with E-state index in [0.29, 0.717) is 24.1 Å². The number of carbonyl (C=O) groups excluding carboxylic acids is 1. The number of nitrogens with zero attached hydrogens (tertiary/aromatic N) is 2. The molecule has 0 aliphatic carbocycles. The molecule has 6 heteroatoms. The summed E-state index contributed by atoms with van der Waals surface area (Å²) >= 11 is 0. The van der Waals surface area contributed by atoms with Crippen LogP contribution in [0.15, 0.2) is 28.7 Å². The van der Waals surface area contributed by atoms with E-state index < -0.39 is 17.8 Å². The number of carbonyl (C=O) groups is 1. The summed E-state index contributed by atoms with van der Waals surface area (Å²) in [5, 5.41) is 10.6. The highest BCUT2D eigenvalue weighted by molar-refractivity contribution is 5.72. The highest BCUT2D eigenvalue weighted by Crippen LogP contribution is 2.31. The number of rotatable bonds is 2. The molecule has 1 aromatic carbocycles. The lowest BCUT2D eigenvalue weighted by atomic mass is 10.1. The molecule has 2 heterocycles. The molecule has 23 heavy (non-hydrogen) atoms. The number of ether oxygens (including phenoxy) is 1. The number of aliphatic hydroxyl groups is 1. The van der Waals surface area contributed by atoms with Crippen LogP contribution in [-0.2, 0) is 4.74 Å². The second-order valence-corrected chi connectivity index (χ2v) is 6.85. The third-order valence-corrected chi connectivity index (χ3v) is 3.86. The Morgan fingerprint density at radius 2 is 2.17 bits per heavy atom. The molecule has 0 bridgehead atoms. The predicted octanol–water partition coefficient (Wildman–Crippen LogP) is 3.26. The summed E-state index contributed by atoms with van der Waals surface area (Å²) in [6.07, 6.45) is 0.146. The Balaban J connectivity index is 1.80. The van der Waals surface area contributed by atoms with Crippen molar-refractivity contribution in [2.45, 2.75) is 51.4 Å². The number of amides is 1. The molecule has 1 saturated heterocycles. The van der Waals surface area contributed by atoms with Crippen molar-refractivity contribution in [3.63, 3.8) is 0 Å². The van der Waals surface area contributed by atoms with Crippen molar-refractivity contribution in [2.75, 3.05) is 6.54 Å².